The molecule has 3 aromatic rings. The molecule has 6 rings (SSSR count). The predicted octanol–water partition coefficient (Wildman–Crippen LogP) is 4.64. The molecule has 2 amide bonds. The normalized spacial score (nSPS) is 20.7. The predicted molar refractivity (Wildman–Crippen MR) is 146 cm³/mol. The van der Waals surface area contributed by atoms with Crippen molar-refractivity contribution in [2.45, 2.75) is 96.2 Å². The Labute approximate surface area is 237 Å². The van der Waals surface area contributed by atoms with Crippen LogP contribution >= 0.6 is 0 Å². The lowest BCUT2D eigenvalue weighted by atomic mass is 9.81. The van der Waals surface area contributed by atoms with Crippen molar-refractivity contribution in [1.29, 1.82) is 0 Å². The minimum Gasteiger partial charge on any atom is -0.347 e. The third-order valence-electron chi connectivity index (χ3n) is 8.47. The Kier molecular flexibility index (Phi) is 7.50. The first kappa shape index (κ1) is 27.7. The van der Waals surface area contributed by atoms with Crippen LogP contribution in [0.5, 0.6) is 0 Å². The highest BCUT2D eigenvalue weighted by molar-refractivity contribution is 5.90. The molecule has 3 heterocycles. The number of rotatable bonds is 11. The van der Waals surface area contributed by atoms with Crippen molar-refractivity contribution in [2.24, 2.45) is 23.7 Å². The van der Waals surface area contributed by atoms with Crippen LogP contribution in [0.4, 0.5) is 8.78 Å². The van der Waals surface area contributed by atoms with Gasteiger partial charge in [-0.05, 0) is 68.3 Å². The minimum atomic E-state index is -2.69. The van der Waals surface area contributed by atoms with Crippen molar-refractivity contribution in [3.05, 3.63) is 42.0 Å². The monoisotopic (exact) mass is 568 g/mol. The Morgan fingerprint density at radius 1 is 1.00 bits per heavy atom. The SMILES string of the molecule is CC(C)CC(=O)N[C@@H](c1ccn2cc([C@@H](NC(=O)c3ncnn3CC3CC3)C3CCC(F)(F)CC3)nc2n1)C1CC1. The maximum atomic E-state index is 14.1. The Hall–Kier alpha value is -3.44. The average molecular weight is 569 g/mol. The van der Waals surface area contributed by atoms with Crippen molar-refractivity contribution in [2.75, 3.05) is 0 Å². The Morgan fingerprint density at radius 3 is 2.37 bits per heavy atom. The Balaban J connectivity index is 1.26. The molecule has 2 atom stereocenters. The smallest absolute Gasteiger partial charge is 0.289 e. The van der Waals surface area contributed by atoms with E-state index in [2.05, 4.69) is 20.7 Å². The van der Waals surface area contributed by atoms with E-state index < -0.39 is 17.9 Å². The van der Waals surface area contributed by atoms with Crippen molar-refractivity contribution in [3.8, 4) is 0 Å². The lowest BCUT2D eigenvalue weighted by Gasteiger charge is -2.33. The van der Waals surface area contributed by atoms with E-state index >= 15 is 0 Å². The van der Waals surface area contributed by atoms with Gasteiger partial charge in [-0.3, -0.25) is 14.0 Å². The quantitative estimate of drug-likeness (QED) is 0.348. The van der Waals surface area contributed by atoms with Crippen LogP contribution < -0.4 is 10.6 Å². The fraction of sp³-hybridized carbons (Fsp3) is 0.655. The topological polar surface area (TPSA) is 119 Å². The first-order valence-corrected chi connectivity index (χ1v) is 14.9. The van der Waals surface area contributed by atoms with Gasteiger partial charge >= 0.3 is 0 Å². The number of nitrogens with zero attached hydrogens (tertiary/aromatic N) is 6. The van der Waals surface area contributed by atoms with E-state index in [1.165, 1.54) is 6.33 Å². The molecule has 0 saturated heterocycles. The van der Waals surface area contributed by atoms with Crippen molar-refractivity contribution >= 4 is 17.6 Å². The summed E-state index contributed by atoms with van der Waals surface area (Å²) in [7, 11) is 0. The molecule has 3 saturated carbocycles. The van der Waals surface area contributed by atoms with E-state index in [0.717, 1.165) is 31.4 Å². The van der Waals surface area contributed by atoms with E-state index in [1.807, 2.05) is 32.3 Å². The number of hydrogen-bond donors (Lipinski definition) is 2. The summed E-state index contributed by atoms with van der Waals surface area (Å²) in [5.41, 5.74) is 1.32. The molecule has 0 spiro atoms. The zero-order valence-electron chi connectivity index (χ0n) is 23.6. The number of fused-ring (bicyclic) bond motifs is 1. The lowest BCUT2D eigenvalue weighted by molar-refractivity contribution is -0.122. The summed E-state index contributed by atoms with van der Waals surface area (Å²) in [4.78, 5) is 39.8. The number of aromatic nitrogens is 6. The van der Waals surface area contributed by atoms with Crippen LogP contribution in [0.3, 0.4) is 0 Å². The molecule has 0 bridgehead atoms. The molecule has 3 aromatic heterocycles. The first-order chi connectivity index (χ1) is 19.6. The van der Waals surface area contributed by atoms with Gasteiger partial charge in [-0.2, -0.15) is 5.10 Å². The highest BCUT2D eigenvalue weighted by Crippen LogP contribution is 2.42. The first-order valence-electron chi connectivity index (χ1n) is 14.9. The molecule has 0 unspecified atom stereocenters. The van der Waals surface area contributed by atoms with Gasteiger partial charge in [0.1, 0.15) is 6.33 Å². The molecule has 2 N–H and O–H groups in total. The van der Waals surface area contributed by atoms with Crippen LogP contribution in [0.1, 0.15) is 106 Å². The van der Waals surface area contributed by atoms with Crippen LogP contribution in [0.15, 0.2) is 24.8 Å². The summed E-state index contributed by atoms with van der Waals surface area (Å²) < 4.78 is 31.5. The summed E-state index contributed by atoms with van der Waals surface area (Å²) in [5.74, 6) is -1.51. The number of carbonyl (C=O) groups excluding carboxylic acids is 2. The van der Waals surface area contributed by atoms with Gasteiger partial charge in [0.2, 0.25) is 23.4 Å². The standard InChI is InChI=1S/C29H38F2N8O2/c1-17(2)13-23(40)36-24(19-5-6-19)21-9-12-38-15-22(35-28(38)34-21)25(20-7-10-29(30,31)11-8-20)37-27(41)26-32-16-33-39(26)14-18-3-4-18/h9,12,15-20,24-25H,3-8,10-11,13-14H2,1-2H3,(H,36,40)(H,37,41)/t24-,25+/m1/s1. The molecule has 0 aliphatic heterocycles. The lowest BCUT2D eigenvalue weighted by Crippen LogP contribution is -2.38. The van der Waals surface area contributed by atoms with Crippen molar-refractivity contribution in [3.63, 3.8) is 0 Å². The number of halogens is 2. The van der Waals surface area contributed by atoms with Gasteiger partial charge in [-0.25, -0.2) is 28.4 Å². The number of nitrogens with one attached hydrogen (secondary N) is 2. The molecule has 10 nitrogen and oxygen atoms in total. The second-order valence-corrected chi connectivity index (χ2v) is 12.6. The van der Waals surface area contributed by atoms with Crippen LogP contribution in [-0.4, -0.2) is 46.9 Å². The molecule has 41 heavy (non-hydrogen) atoms. The second kappa shape index (κ2) is 11.1. The van der Waals surface area contributed by atoms with Gasteiger partial charge in [0, 0.05) is 38.2 Å². The third-order valence-corrected chi connectivity index (χ3v) is 8.47. The van der Waals surface area contributed by atoms with Gasteiger partial charge in [0.15, 0.2) is 0 Å². The van der Waals surface area contributed by atoms with Crippen molar-refractivity contribution < 1.29 is 18.4 Å². The summed E-state index contributed by atoms with van der Waals surface area (Å²) in [5, 5.41) is 10.5. The molecule has 0 aromatic carbocycles. The third kappa shape index (κ3) is 6.56. The maximum Gasteiger partial charge on any atom is 0.289 e. The van der Waals surface area contributed by atoms with E-state index in [-0.39, 0.29) is 55.3 Å². The molecule has 3 aliphatic carbocycles. The van der Waals surface area contributed by atoms with E-state index in [0.29, 0.717) is 36.3 Å². The zero-order chi connectivity index (χ0) is 28.7. The van der Waals surface area contributed by atoms with Gasteiger partial charge in [0.05, 0.1) is 23.5 Å². The van der Waals surface area contributed by atoms with Gasteiger partial charge in [-0.15, -0.1) is 0 Å². The van der Waals surface area contributed by atoms with Gasteiger partial charge in [0.25, 0.3) is 5.91 Å². The van der Waals surface area contributed by atoms with Crippen molar-refractivity contribution in [1.82, 2.24) is 39.8 Å². The van der Waals surface area contributed by atoms with Gasteiger partial charge < -0.3 is 10.6 Å². The fourth-order valence-corrected chi connectivity index (χ4v) is 5.85. The number of amides is 2. The summed E-state index contributed by atoms with van der Waals surface area (Å²) in [6.45, 7) is 4.67. The van der Waals surface area contributed by atoms with E-state index in [4.69, 9.17) is 9.97 Å². The summed E-state index contributed by atoms with van der Waals surface area (Å²) >= 11 is 0. The highest BCUT2D eigenvalue weighted by Gasteiger charge is 2.40. The largest absolute Gasteiger partial charge is 0.347 e. The summed E-state index contributed by atoms with van der Waals surface area (Å²) in [6.07, 6.45) is 9.87. The van der Waals surface area contributed by atoms with E-state index in [9.17, 15) is 18.4 Å². The molecular formula is C29H38F2N8O2. The zero-order valence-corrected chi connectivity index (χ0v) is 23.6. The maximum absolute atomic E-state index is 14.1. The number of hydrogen-bond acceptors (Lipinski definition) is 6. The molecule has 220 valence electrons. The fourth-order valence-electron chi connectivity index (χ4n) is 5.85. The number of carbonyl (C=O) groups is 2. The summed E-state index contributed by atoms with van der Waals surface area (Å²) in [6, 6.07) is 1.13. The Morgan fingerprint density at radius 2 is 1.68 bits per heavy atom. The highest BCUT2D eigenvalue weighted by atomic mass is 19.3. The minimum absolute atomic E-state index is 0.00835. The van der Waals surface area contributed by atoms with Gasteiger partial charge in [-0.1, -0.05) is 13.8 Å². The van der Waals surface area contributed by atoms with Crippen LogP contribution in [0.25, 0.3) is 5.78 Å². The van der Waals surface area contributed by atoms with Crippen LogP contribution in [-0.2, 0) is 11.3 Å². The number of imidazole rings is 1. The molecule has 0 radical (unpaired) electrons. The van der Waals surface area contributed by atoms with Crippen LogP contribution in [0.2, 0.25) is 0 Å². The number of alkyl halides is 2. The van der Waals surface area contributed by atoms with Crippen LogP contribution in [0, 0.1) is 23.7 Å². The molecular weight excluding hydrogens is 530 g/mol. The molecule has 12 heteroatoms. The van der Waals surface area contributed by atoms with E-state index in [1.54, 1.807) is 9.08 Å². The Bertz CT molecular complexity index is 1400. The second-order valence-electron chi connectivity index (χ2n) is 12.6. The average Bonchev–Trinajstić information content (AvgIpc) is 3.83. The molecule has 3 aliphatic rings. The molecule has 3 fully saturated rings.